The summed E-state index contributed by atoms with van der Waals surface area (Å²) in [4.78, 5) is 19.3. The van der Waals surface area contributed by atoms with Crippen LogP contribution in [0.1, 0.15) is 28.0 Å². The Kier molecular flexibility index (Phi) is 5.79. The van der Waals surface area contributed by atoms with E-state index in [1.807, 2.05) is 44.4 Å². The first-order chi connectivity index (χ1) is 14.1. The molecule has 0 radical (unpaired) electrons. The molecule has 4 aromatic rings. The van der Waals surface area contributed by atoms with Crippen LogP contribution in [-0.2, 0) is 4.79 Å². The van der Waals surface area contributed by atoms with E-state index >= 15 is 0 Å². The Morgan fingerprint density at radius 1 is 1.03 bits per heavy atom. The van der Waals surface area contributed by atoms with Gasteiger partial charge in [-0.15, -0.1) is 11.3 Å². The molecule has 3 N–H and O–H groups in total. The lowest BCUT2D eigenvalue weighted by atomic mass is 9.95. The predicted octanol–water partition coefficient (Wildman–Crippen LogP) is 3.75. The van der Waals surface area contributed by atoms with Crippen LogP contribution < -0.4 is 5.32 Å². The number of H-pyrrole nitrogens is 1. The first-order valence-electron chi connectivity index (χ1n) is 9.84. The zero-order valence-electron chi connectivity index (χ0n) is 16.7. The van der Waals surface area contributed by atoms with Crippen molar-refractivity contribution >= 4 is 28.1 Å². The van der Waals surface area contributed by atoms with Crippen molar-refractivity contribution in [3.05, 3.63) is 94.3 Å². The van der Waals surface area contributed by atoms with Gasteiger partial charge in [-0.2, -0.15) is 0 Å². The summed E-state index contributed by atoms with van der Waals surface area (Å²) in [7, 11) is 3.64. The minimum absolute atomic E-state index is 0.111. The lowest BCUT2D eigenvalue weighted by molar-refractivity contribution is -0.684. The molecule has 0 saturated carbocycles. The zero-order valence-corrected chi connectivity index (χ0v) is 17.5. The molecule has 0 saturated heterocycles. The van der Waals surface area contributed by atoms with Gasteiger partial charge in [0.2, 0.25) is 0 Å². The maximum atomic E-state index is 12.9. The molecule has 0 aliphatic heterocycles. The van der Waals surface area contributed by atoms with Crippen LogP contribution in [0.3, 0.4) is 0 Å². The van der Waals surface area contributed by atoms with Gasteiger partial charge in [-0.25, -0.2) is 0 Å². The number of quaternary nitrogens is 1. The molecule has 0 aliphatic carbocycles. The SMILES string of the molecule is CN(C)C(=O)[C@@H]([NH2+]C[C@@H](c1cccs1)c1c[nH]c2ccccc12)c1ccccc1. The number of hydrogen-bond donors (Lipinski definition) is 2. The van der Waals surface area contributed by atoms with Crippen LogP contribution in [0.5, 0.6) is 0 Å². The van der Waals surface area contributed by atoms with Crippen LogP contribution in [-0.4, -0.2) is 36.4 Å². The van der Waals surface area contributed by atoms with Gasteiger partial charge in [0.25, 0.3) is 5.91 Å². The number of aromatic amines is 1. The highest BCUT2D eigenvalue weighted by Gasteiger charge is 2.29. The maximum absolute atomic E-state index is 12.9. The highest BCUT2D eigenvalue weighted by atomic mass is 32.1. The second kappa shape index (κ2) is 8.64. The van der Waals surface area contributed by atoms with Crippen LogP contribution >= 0.6 is 11.3 Å². The average Bonchev–Trinajstić information content (AvgIpc) is 3.42. The summed E-state index contributed by atoms with van der Waals surface area (Å²) in [6, 6.07) is 22.5. The van der Waals surface area contributed by atoms with Gasteiger partial charge >= 0.3 is 0 Å². The summed E-state index contributed by atoms with van der Waals surface area (Å²) in [5.74, 6) is 0.326. The number of likely N-dealkylation sites (N-methyl/N-ethyl adjacent to an activating group) is 1. The van der Waals surface area contributed by atoms with Gasteiger partial charge in [-0.1, -0.05) is 54.6 Å². The standard InChI is InChI=1S/C24H25N3OS/c1-27(2)24(28)23(17-9-4-3-5-10-17)26-16-20(22-13-8-14-29-22)19-15-25-21-12-7-6-11-18(19)21/h3-15,20,23,25-26H,16H2,1-2H3/p+1/t20-,23+/m1/s1. The van der Waals surface area contributed by atoms with Crippen molar-refractivity contribution in [3.63, 3.8) is 0 Å². The van der Waals surface area contributed by atoms with Crippen LogP contribution in [0.2, 0.25) is 0 Å². The first kappa shape index (κ1) is 19.4. The van der Waals surface area contributed by atoms with Gasteiger partial charge in [0.15, 0.2) is 6.04 Å². The number of para-hydroxylation sites is 1. The lowest BCUT2D eigenvalue weighted by Crippen LogP contribution is -2.88. The average molecular weight is 405 g/mol. The number of aromatic nitrogens is 1. The molecule has 4 rings (SSSR count). The van der Waals surface area contributed by atoms with E-state index in [2.05, 4.69) is 58.3 Å². The first-order valence-corrected chi connectivity index (χ1v) is 10.7. The number of carbonyl (C=O) groups is 1. The summed E-state index contributed by atoms with van der Waals surface area (Å²) in [5, 5.41) is 5.55. The number of hydrogen-bond acceptors (Lipinski definition) is 2. The van der Waals surface area contributed by atoms with Crippen LogP contribution in [0.4, 0.5) is 0 Å². The van der Waals surface area contributed by atoms with Crippen LogP contribution in [0, 0.1) is 0 Å². The number of nitrogens with one attached hydrogen (secondary N) is 1. The zero-order chi connectivity index (χ0) is 20.2. The van der Waals surface area contributed by atoms with Gasteiger partial charge in [-0.05, 0) is 23.1 Å². The van der Waals surface area contributed by atoms with Gasteiger partial charge in [0.05, 0.1) is 12.5 Å². The largest absolute Gasteiger partial charge is 0.361 e. The number of carbonyl (C=O) groups excluding carboxylic acids is 1. The minimum atomic E-state index is -0.251. The number of nitrogens with zero attached hydrogens (tertiary/aromatic N) is 1. The fourth-order valence-electron chi connectivity index (χ4n) is 3.86. The molecule has 2 heterocycles. The smallest absolute Gasteiger partial charge is 0.285 e. The molecule has 0 aliphatic rings. The Morgan fingerprint density at radius 3 is 2.52 bits per heavy atom. The number of benzene rings is 2. The van der Waals surface area contributed by atoms with E-state index in [1.165, 1.54) is 15.8 Å². The molecule has 2 aromatic heterocycles. The second-order valence-corrected chi connectivity index (χ2v) is 8.43. The van der Waals surface area contributed by atoms with Crippen molar-refractivity contribution in [3.8, 4) is 0 Å². The van der Waals surface area contributed by atoms with E-state index < -0.39 is 0 Å². The van der Waals surface area contributed by atoms with Crippen molar-refractivity contribution in [2.45, 2.75) is 12.0 Å². The minimum Gasteiger partial charge on any atom is -0.361 e. The molecule has 29 heavy (non-hydrogen) atoms. The number of fused-ring (bicyclic) bond motifs is 1. The van der Waals surface area contributed by atoms with E-state index in [-0.39, 0.29) is 17.9 Å². The Labute approximate surface area is 175 Å². The number of nitrogens with two attached hydrogens (primary N) is 1. The molecule has 2 atom stereocenters. The lowest BCUT2D eigenvalue weighted by Gasteiger charge is -2.22. The molecule has 0 spiro atoms. The molecule has 4 nitrogen and oxygen atoms in total. The quantitative estimate of drug-likeness (QED) is 0.484. The maximum Gasteiger partial charge on any atom is 0.285 e. The van der Waals surface area contributed by atoms with E-state index in [0.29, 0.717) is 0 Å². The summed E-state index contributed by atoms with van der Waals surface area (Å²) in [6.45, 7) is 0.793. The normalized spacial score (nSPS) is 13.3. The molecule has 148 valence electrons. The highest BCUT2D eigenvalue weighted by molar-refractivity contribution is 7.10. The van der Waals surface area contributed by atoms with Gasteiger partial charge in [-0.3, -0.25) is 4.79 Å². The van der Waals surface area contributed by atoms with Crippen molar-refractivity contribution in [1.82, 2.24) is 9.88 Å². The predicted molar refractivity (Wildman–Crippen MR) is 119 cm³/mol. The van der Waals surface area contributed by atoms with Crippen molar-refractivity contribution in [2.24, 2.45) is 0 Å². The Balaban J connectivity index is 1.66. The van der Waals surface area contributed by atoms with Crippen molar-refractivity contribution in [1.29, 1.82) is 0 Å². The third-order valence-electron chi connectivity index (χ3n) is 5.36. The molecule has 0 fully saturated rings. The van der Waals surface area contributed by atoms with E-state index in [9.17, 15) is 4.79 Å². The molecular formula is C24H26N3OS+. The third kappa shape index (κ3) is 4.11. The van der Waals surface area contributed by atoms with Gasteiger partial charge in [0.1, 0.15) is 0 Å². The topological polar surface area (TPSA) is 52.7 Å². The van der Waals surface area contributed by atoms with Gasteiger partial charge < -0.3 is 15.2 Å². The molecule has 5 heteroatoms. The summed E-state index contributed by atoms with van der Waals surface area (Å²) in [6.07, 6.45) is 2.12. The Hall–Kier alpha value is -2.89. The fourth-order valence-corrected chi connectivity index (χ4v) is 4.72. The molecule has 1 amide bonds. The Morgan fingerprint density at radius 2 is 1.79 bits per heavy atom. The second-order valence-electron chi connectivity index (χ2n) is 7.45. The van der Waals surface area contributed by atoms with E-state index in [0.717, 1.165) is 17.6 Å². The monoisotopic (exact) mass is 404 g/mol. The summed E-state index contributed by atoms with van der Waals surface area (Å²) >= 11 is 1.77. The van der Waals surface area contributed by atoms with Gasteiger partial charge in [0, 0.05) is 41.6 Å². The third-order valence-corrected chi connectivity index (χ3v) is 6.34. The number of amides is 1. The highest BCUT2D eigenvalue weighted by Crippen LogP contribution is 2.32. The molecule has 2 aromatic carbocycles. The summed E-state index contributed by atoms with van der Waals surface area (Å²) < 4.78 is 0. The number of thiophene rings is 1. The Bertz CT molecular complexity index is 1070. The summed E-state index contributed by atoms with van der Waals surface area (Å²) in [5.41, 5.74) is 3.46. The number of rotatable bonds is 7. The molecule has 0 bridgehead atoms. The van der Waals surface area contributed by atoms with Crippen LogP contribution in [0.25, 0.3) is 10.9 Å². The van der Waals surface area contributed by atoms with Crippen molar-refractivity contribution in [2.75, 3.05) is 20.6 Å². The molecular weight excluding hydrogens is 378 g/mol. The van der Waals surface area contributed by atoms with Crippen LogP contribution in [0.15, 0.2) is 78.3 Å². The fraction of sp³-hybridized carbons (Fsp3) is 0.208. The van der Waals surface area contributed by atoms with Crippen molar-refractivity contribution < 1.29 is 10.1 Å². The van der Waals surface area contributed by atoms with E-state index in [1.54, 1.807) is 16.2 Å². The molecule has 0 unspecified atom stereocenters. The van der Waals surface area contributed by atoms with E-state index in [4.69, 9.17) is 0 Å².